The van der Waals surface area contributed by atoms with Gasteiger partial charge in [-0.1, -0.05) is 31.4 Å². The van der Waals surface area contributed by atoms with Crippen molar-refractivity contribution >= 4 is 0 Å². The molecule has 0 aliphatic carbocycles. The van der Waals surface area contributed by atoms with Crippen LogP contribution in [0, 0.1) is 10.1 Å². The topological polar surface area (TPSA) is 52.4 Å². The summed E-state index contributed by atoms with van der Waals surface area (Å²) < 4.78 is 5.10. The number of allylic oxidation sites excluding steroid dienone is 2. The van der Waals surface area contributed by atoms with Crippen LogP contribution < -0.4 is 0 Å². The second-order valence-electron chi connectivity index (χ2n) is 3.84. The van der Waals surface area contributed by atoms with E-state index in [1.807, 2.05) is 26.8 Å². The zero-order chi connectivity index (χ0) is 15.5. The van der Waals surface area contributed by atoms with Crippen LogP contribution in [0.4, 0.5) is 0 Å². The predicted molar refractivity (Wildman–Crippen MR) is 82.8 cm³/mol. The second-order valence-corrected chi connectivity index (χ2v) is 3.84. The van der Waals surface area contributed by atoms with Gasteiger partial charge in [0.25, 0.3) is 0 Å². The van der Waals surface area contributed by atoms with Gasteiger partial charge in [-0.25, -0.2) is 0 Å². The Labute approximate surface area is 118 Å². The minimum Gasteiger partial charge on any atom is -0.502 e. The third-order valence-electron chi connectivity index (χ3n) is 1.75. The van der Waals surface area contributed by atoms with E-state index in [4.69, 9.17) is 4.74 Å². The van der Waals surface area contributed by atoms with Crippen LogP contribution in [0.25, 0.3) is 0 Å². The fraction of sp³-hybridized carbons (Fsp3) is 0.600. The van der Waals surface area contributed by atoms with Crippen molar-refractivity contribution in [2.45, 2.75) is 47.0 Å². The van der Waals surface area contributed by atoms with Gasteiger partial charge in [0, 0.05) is 4.92 Å². The summed E-state index contributed by atoms with van der Waals surface area (Å²) in [5.74, 6) is 0. The van der Waals surface area contributed by atoms with Crippen LogP contribution in [-0.4, -0.2) is 18.1 Å². The summed E-state index contributed by atoms with van der Waals surface area (Å²) in [7, 11) is 0. The van der Waals surface area contributed by atoms with Crippen molar-refractivity contribution in [3.63, 3.8) is 0 Å². The average molecular weight is 271 g/mol. The molecule has 0 N–H and O–H groups in total. The first-order valence-electron chi connectivity index (χ1n) is 6.52. The standard InChI is InChI=1S/C8H16O.C5H9NO2.C2H4/c1-3-5-6-8-9-7-4-2;1-5(2)3-4-6(7)8;1-2/h4,7H,3,5-6,8H2,1-2H3;3H,4H2,1-2H3;1-2H2/b7-4+;;. The minimum absolute atomic E-state index is 0.0532. The van der Waals surface area contributed by atoms with Crippen LogP contribution in [0.1, 0.15) is 47.0 Å². The third kappa shape index (κ3) is 38.5. The Morgan fingerprint density at radius 2 is 1.89 bits per heavy atom. The van der Waals surface area contributed by atoms with Crippen LogP contribution in [0.5, 0.6) is 0 Å². The van der Waals surface area contributed by atoms with E-state index in [9.17, 15) is 10.1 Å². The maximum atomic E-state index is 9.66. The summed E-state index contributed by atoms with van der Waals surface area (Å²) in [5.41, 5.74) is 0.988. The van der Waals surface area contributed by atoms with Crippen molar-refractivity contribution in [1.82, 2.24) is 0 Å². The molecule has 0 bridgehead atoms. The first-order chi connectivity index (χ1) is 9.04. The Morgan fingerprint density at radius 3 is 2.21 bits per heavy atom. The maximum Gasteiger partial charge on any atom is 0.222 e. The Balaban J connectivity index is -0.000000239. The number of unbranched alkanes of at least 4 members (excludes halogenated alkanes) is 2. The fourth-order valence-electron chi connectivity index (χ4n) is 0.857. The summed E-state index contributed by atoms with van der Waals surface area (Å²) >= 11 is 0. The molecule has 0 fully saturated rings. The van der Waals surface area contributed by atoms with Gasteiger partial charge in [-0.05, 0) is 33.3 Å². The quantitative estimate of drug-likeness (QED) is 0.220. The molecule has 0 aromatic carbocycles. The predicted octanol–water partition coefficient (Wildman–Crippen LogP) is 4.76. The highest BCUT2D eigenvalue weighted by Crippen LogP contribution is 1.93. The van der Waals surface area contributed by atoms with Crippen LogP contribution >= 0.6 is 0 Å². The Kier molecular flexibility index (Phi) is 25.8. The van der Waals surface area contributed by atoms with Crippen LogP contribution in [-0.2, 0) is 4.74 Å². The van der Waals surface area contributed by atoms with Crippen molar-refractivity contribution in [3.05, 3.63) is 47.3 Å². The molecule has 0 radical (unpaired) electrons. The van der Waals surface area contributed by atoms with E-state index in [2.05, 4.69) is 20.1 Å². The minimum atomic E-state index is -0.354. The molecular formula is C15H29NO3. The van der Waals surface area contributed by atoms with Crippen molar-refractivity contribution in [1.29, 1.82) is 0 Å². The zero-order valence-electron chi connectivity index (χ0n) is 12.9. The van der Waals surface area contributed by atoms with E-state index in [-0.39, 0.29) is 11.5 Å². The number of nitro groups is 1. The maximum absolute atomic E-state index is 9.66. The smallest absolute Gasteiger partial charge is 0.222 e. The number of hydrogen-bond acceptors (Lipinski definition) is 3. The summed E-state index contributed by atoms with van der Waals surface area (Å²) in [5, 5.41) is 9.66. The molecule has 0 aliphatic rings. The van der Waals surface area contributed by atoms with E-state index < -0.39 is 0 Å². The Hall–Kier alpha value is -1.58. The van der Waals surface area contributed by atoms with Gasteiger partial charge in [0.2, 0.25) is 6.54 Å². The highest BCUT2D eigenvalue weighted by Gasteiger charge is 1.87. The first kappa shape index (κ1) is 22.6. The highest BCUT2D eigenvalue weighted by molar-refractivity contribution is 4.92. The van der Waals surface area contributed by atoms with Crippen LogP contribution in [0.3, 0.4) is 0 Å². The molecule has 0 amide bonds. The van der Waals surface area contributed by atoms with E-state index in [1.165, 1.54) is 19.3 Å². The lowest BCUT2D eigenvalue weighted by Crippen LogP contribution is -1.96. The SMILES string of the molecule is C/C=C/OCCCCC.C=C.CC(C)=CC[N+](=O)[O-]. The molecule has 0 aliphatic heterocycles. The van der Waals surface area contributed by atoms with Gasteiger partial charge in [0.1, 0.15) is 0 Å². The van der Waals surface area contributed by atoms with Gasteiger partial charge in [-0.2, -0.15) is 0 Å². The van der Waals surface area contributed by atoms with Gasteiger partial charge in [-0.15, -0.1) is 13.2 Å². The lowest BCUT2D eigenvalue weighted by molar-refractivity contribution is -0.468. The molecule has 0 aromatic heterocycles. The van der Waals surface area contributed by atoms with Crippen LogP contribution in [0.2, 0.25) is 0 Å². The molecule has 0 heterocycles. The average Bonchev–Trinajstić information content (AvgIpc) is 2.39. The van der Waals surface area contributed by atoms with Crippen molar-refractivity contribution in [3.8, 4) is 0 Å². The summed E-state index contributed by atoms with van der Waals surface area (Å²) in [4.78, 5) is 9.31. The monoisotopic (exact) mass is 271 g/mol. The number of ether oxygens (including phenoxy) is 1. The molecule has 4 heteroatoms. The fourth-order valence-corrected chi connectivity index (χ4v) is 0.857. The number of hydrogen-bond donors (Lipinski definition) is 0. The van der Waals surface area contributed by atoms with E-state index >= 15 is 0 Å². The first-order valence-corrected chi connectivity index (χ1v) is 6.52. The molecule has 112 valence electrons. The van der Waals surface area contributed by atoms with Crippen molar-refractivity contribution in [2.24, 2.45) is 0 Å². The zero-order valence-corrected chi connectivity index (χ0v) is 12.9. The van der Waals surface area contributed by atoms with Gasteiger partial charge in [-0.3, -0.25) is 10.1 Å². The van der Waals surface area contributed by atoms with E-state index in [1.54, 1.807) is 12.3 Å². The van der Waals surface area contributed by atoms with Crippen molar-refractivity contribution in [2.75, 3.05) is 13.2 Å². The molecule has 0 saturated heterocycles. The largest absolute Gasteiger partial charge is 0.502 e. The molecule has 0 spiro atoms. The lowest BCUT2D eigenvalue weighted by Gasteiger charge is -1.96. The number of rotatable bonds is 7. The summed E-state index contributed by atoms with van der Waals surface area (Å²) in [6.45, 7) is 14.6. The summed E-state index contributed by atoms with van der Waals surface area (Å²) in [6.07, 6.45) is 8.96. The molecule has 4 nitrogen and oxygen atoms in total. The second kappa shape index (κ2) is 21.7. The summed E-state index contributed by atoms with van der Waals surface area (Å²) in [6, 6.07) is 0. The normalized spacial score (nSPS) is 8.63. The molecule has 0 unspecified atom stereocenters. The molecule has 19 heavy (non-hydrogen) atoms. The molecule has 0 aromatic rings. The van der Waals surface area contributed by atoms with Crippen LogP contribution in [0.15, 0.2) is 37.1 Å². The number of nitrogens with zero attached hydrogens (tertiary/aromatic N) is 1. The van der Waals surface area contributed by atoms with Gasteiger partial charge in [0.15, 0.2) is 0 Å². The Bertz CT molecular complexity index is 244. The van der Waals surface area contributed by atoms with E-state index in [0.717, 1.165) is 12.2 Å². The highest BCUT2D eigenvalue weighted by atomic mass is 16.6. The Morgan fingerprint density at radius 1 is 1.32 bits per heavy atom. The molecular weight excluding hydrogens is 242 g/mol. The van der Waals surface area contributed by atoms with Gasteiger partial charge >= 0.3 is 0 Å². The van der Waals surface area contributed by atoms with Crippen molar-refractivity contribution < 1.29 is 9.66 Å². The third-order valence-corrected chi connectivity index (χ3v) is 1.75. The van der Waals surface area contributed by atoms with Gasteiger partial charge < -0.3 is 4.74 Å². The molecule has 0 saturated carbocycles. The van der Waals surface area contributed by atoms with Gasteiger partial charge in [0.05, 0.1) is 12.9 Å². The molecule has 0 rings (SSSR count). The lowest BCUT2D eigenvalue weighted by atomic mass is 10.3. The van der Waals surface area contributed by atoms with E-state index in [0.29, 0.717) is 0 Å². The molecule has 0 atom stereocenters.